The number of hydrogen-bond acceptors (Lipinski definition) is 4. The highest BCUT2D eigenvalue weighted by atomic mass is 35.5. The standard InChI is InChI=1S/C17H22FN5O2.2ClH/c1-11(2)16(19)17(25)22-9-15(24)21-8-12-3-4-14(13(18)7-12)23-6-5-20-10-23;;/h3-7,10-11,16H,8-9,19H2,1-2H3,(H,21,24)(H,22,25);2*1H/t16-;;/m0../s1. The minimum absolute atomic E-state index is 0. The van der Waals surface area contributed by atoms with E-state index in [2.05, 4.69) is 15.6 Å². The lowest BCUT2D eigenvalue weighted by atomic mass is 10.1. The zero-order valence-electron chi connectivity index (χ0n) is 15.0. The number of nitrogens with zero attached hydrogens (tertiary/aromatic N) is 2. The van der Waals surface area contributed by atoms with Crippen molar-refractivity contribution in [2.45, 2.75) is 26.4 Å². The Bertz CT molecular complexity index is 741. The predicted molar refractivity (Wildman–Crippen MR) is 106 cm³/mol. The molecule has 4 N–H and O–H groups in total. The van der Waals surface area contributed by atoms with Crippen molar-refractivity contribution in [3.05, 3.63) is 48.3 Å². The van der Waals surface area contributed by atoms with E-state index < -0.39 is 11.9 Å². The van der Waals surface area contributed by atoms with Crippen molar-refractivity contribution in [3.63, 3.8) is 0 Å². The Hall–Kier alpha value is -2.16. The Balaban J connectivity index is 0.00000338. The lowest BCUT2D eigenvalue weighted by Crippen LogP contribution is -2.47. The molecule has 0 saturated carbocycles. The minimum atomic E-state index is -0.655. The maximum absolute atomic E-state index is 14.1. The Morgan fingerprint density at radius 2 is 1.96 bits per heavy atom. The fourth-order valence-corrected chi connectivity index (χ4v) is 2.12. The van der Waals surface area contributed by atoms with Gasteiger partial charge in [-0.15, -0.1) is 24.8 Å². The maximum Gasteiger partial charge on any atom is 0.239 e. The number of carbonyl (C=O) groups is 2. The van der Waals surface area contributed by atoms with Crippen LogP contribution in [0.4, 0.5) is 4.39 Å². The van der Waals surface area contributed by atoms with Crippen molar-refractivity contribution in [2.24, 2.45) is 11.7 Å². The largest absolute Gasteiger partial charge is 0.350 e. The number of halogens is 3. The van der Waals surface area contributed by atoms with Gasteiger partial charge in [0, 0.05) is 18.9 Å². The first-order chi connectivity index (χ1) is 11.9. The van der Waals surface area contributed by atoms with Crippen LogP contribution in [-0.4, -0.2) is 34.0 Å². The Kier molecular flexibility index (Phi) is 10.6. The first-order valence-electron chi connectivity index (χ1n) is 7.95. The van der Waals surface area contributed by atoms with E-state index in [1.807, 2.05) is 13.8 Å². The normalized spacial score (nSPS) is 11.1. The van der Waals surface area contributed by atoms with E-state index in [-0.39, 0.29) is 55.6 Å². The summed E-state index contributed by atoms with van der Waals surface area (Å²) in [5.74, 6) is -1.18. The van der Waals surface area contributed by atoms with Crippen LogP contribution in [-0.2, 0) is 16.1 Å². The molecule has 150 valence electrons. The fourth-order valence-electron chi connectivity index (χ4n) is 2.12. The zero-order chi connectivity index (χ0) is 18.4. The van der Waals surface area contributed by atoms with Gasteiger partial charge in [-0.1, -0.05) is 19.9 Å². The average Bonchev–Trinajstić information content (AvgIpc) is 3.11. The number of amides is 2. The van der Waals surface area contributed by atoms with Crippen LogP contribution in [0.5, 0.6) is 0 Å². The number of nitrogens with two attached hydrogens (primary N) is 1. The molecule has 2 amide bonds. The van der Waals surface area contributed by atoms with Gasteiger partial charge in [-0.25, -0.2) is 9.37 Å². The minimum Gasteiger partial charge on any atom is -0.350 e. The van der Waals surface area contributed by atoms with Gasteiger partial charge in [0.1, 0.15) is 5.82 Å². The molecule has 7 nitrogen and oxygen atoms in total. The number of carbonyl (C=O) groups excluding carboxylic acids is 2. The average molecular weight is 420 g/mol. The van der Waals surface area contributed by atoms with E-state index in [0.29, 0.717) is 11.3 Å². The number of nitrogens with one attached hydrogen (secondary N) is 2. The van der Waals surface area contributed by atoms with E-state index >= 15 is 0 Å². The van der Waals surface area contributed by atoms with Gasteiger partial charge >= 0.3 is 0 Å². The third kappa shape index (κ3) is 7.16. The van der Waals surface area contributed by atoms with Gasteiger partial charge in [0.05, 0.1) is 24.6 Å². The maximum atomic E-state index is 14.1. The summed E-state index contributed by atoms with van der Waals surface area (Å²) in [5, 5.41) is 5.10. The first kappa shape index (κ1) is 24.8. The molecule has 0 fully saturated rings. The molecular weight excluding hydrogens is 396 g/mol. The quantitative estimate of drug-likeness (QED) is 0.633. The molecule has 2 rings (SSSR count). The van der Waals surface area contributed by atoms with Crippen LogP contribution >= 0.6 is 24.8 Å². The summed E-state index contributed by atoms with van der Waals surface area (Å²) in [6.45, 7) is 3.64. The first-order valence-corrected chi connectivity index (χ1v) is 7.95. The van der Waals surface area contributed by atoms with Crippen molar-refractivity contribution < 1.29 is 14.0 Å². The molecule has 0 spiro atoms. The second-order valence-corrected chi connectivity index (χ2v) is 6.02. The number of benzene rings is 1. The number of hydrogen-bond donors (Lipinski definition) is 3. The van der Waals surface area contributed by atoms with E-state index in [1.54, 1.807) is 29.1 Å². The van der Waals surface area contributed by atoms with Crippen LogP contribution in [0.25, 0.3) is 5.69 Å². The molecule has 0 unspecified atom stereocenters. The smallest absolute Gasteiger partial charge is 0.239 e. The molecule has 0 aliphatic rings. The van der Waals surface area contributed by atoms with Crippen LogP contribution in [0.3, 0.4) is 0 Å². The summed E-state index contributed by atoms with van der Waals surface area (Å²) in [4.78, 5) is 27.3. The van der Waals surface area contributed by atoms with Crippen LogP contribution in [0.15, 0.2) is 36.9 Å². The molecular formula is C17H24Cl2FN5O2. The molecule has 1 aromatic carbocycles. The molecule has 0 saturated heterocycles. The van der Waals surface area contributed by atoms with Crippen molar-refractivity contribution in [2.75, 3.05) is 6.54 Å². The van der Waals surface area contributed by atoms with Crippen LogP contribution < -0.4 is 16.4 Å². The van der Waals surface area contributed by atoms with Crippen LogP contribution in [0.1, 0.15) is 19.4 Å². The molecule has 0 bridgehead atoms. The molecule has 0 aliphatic carbocycles. The van der Waals surface area contributed by atoms with Gasteiger partial charge in [0.15, 0.2) is 0 Å². The molecule has 1 aromatic heterocycles. The van der Waals surface area contributed by atoms with Crippen LogP contribution in [0.2, 0.25) is 0 Å². The topological polar surface area (TPSA) is 102 Å². The van der Waals surface area contributed by atoms with Gasteiger partial charge in [-0.2, -0.15) is 0 Å². The summed E-state index contributed by atoms with van der Waals surface area (Å²) in [5.41, 5.74) is 6.68. The lowest BCUT2D eigenvalue weighted by molar-refractivity contribution is -0.127. The summed E-state index contributed by atoms with van der Waals surface area (Å²) in [7, 11) is 0. The predicted octanol–water partition coefficient (Wildman–Crippen LogP) is 1.57. The van der Waals surface area contributed by atoms with Crippen molar-refractivity contribution in [1.82, 2.24) is 20.2 Å². The monoisotopic (exact) mass is 419 g/mol. The summed E-state index contributed by atoms with van der Waals surface area (Å²) >= 11 is 0. The van der Waals surface area contributed by atoms with Gasteiger partial charge in [-0.05, 0) is 23.6 Å². The molecule has 0 aliphatic heterocycles. The summed E-state index contributed by atoms with van der Waals surface area (Å²) < 4.78 is 15.7. The number of rotatable bonds is 7. The van der Waals surface area contributed by atoms with Gasteiger partial charge in [0.25, 0.3) is 0 Å². The highest BCUT2D eigenvalue weighted by Crippen LogP contribution is 2.14. The van der Waals surface area contributed by atoms with Crippen molar-refractivity contribution in [1.29, 1.82) is 0 Å². The van der Waals surface area contributed by atoms with E-state index in [1.165, 1.54) is 12.4 Å². The Labute approximate surface area is 169 Å². The van der Waals surface area contributed by atoms with Crippen molar-refractivity contribution >= 4 is 36.6 Å². The van der Waals surface area contributed by atoms with Gasteiger partial charge in [0.2, 0.25) is 11.8 Å². The molecule has 0 radical (unpaired) electrons. The van der Waals surface area contributed by atoms with Gasteiger partial charge in [-0.3, -0.25) is 9.59 Å². The molecule has 10 heteroatoms. The third-order valence-corrected chi connectivity index (χ3v) is 3.73. The lowest BCUT2D eigenvalue weighted by Gasteiger charge is -2.15. The van der Waals surface area contributed by atoms with E-state index in [0.717, 1.165) is 0 Å². The number of aromatic nitrogens is 2. The highest BCUT2D eigenvalue weighted by molar-refractivity contribution is 5.87. The zero-order valence-corrected chi connectivity index (χ0v) is 16.6. The summed E-state index contributed by atoms with van der Waals surface area (Å²) in [6, 6.07) is 4.02. The molecule has 1 atom stereocenters. The highest BCUT2D eigenvalue weighted by Gasteiger charge is 2.17. The molecule has 2 aromatic rings. The Morgan fingerprint density at radius 1 is 1.26 bits per heavy atom. The van der Waals surface area contributed by atoms with Gasteiger partial charge < -0.3 is 20.9 Å². The fraction of sp³-hybridized carbons (Fsp3) is 0.353. The molecule has 1 heterocycles. The van der Waals surface area contributed by atoms with E-state index in [4.69, 9.17) is 5.73 Å². The third-order valence-electron chi connectivity index (χ3n) is 3.73. The Morgan fingerprint density at radius 3 is 2.52 bits per heavy atom. The second kappa shape index (κ2) is 11.5. The SMILES string of the molecule is CC(C)[C@H](N)C(=O)NCC(=O)NCc1ccc(-n2ccnc2)c(F)c1.Cl.Cl. The summed E-state index contributed by atoms with van der Waals surface area (Å²) in [6.07, 6.45) is 4.71. The van der Waals surface area contributed by atoms with E-state index in [9.17, 15) is 14.0 Å². The van der Waals surface area contributed by atoms with Crippen molar-refractivity contribution in [3.8, 4) is 5.69 Å². The number of imidazole rings is 1. The molecule has 27 heavy (non-hydrogen) atoms. The second-order valence-electron chi connectivity index (χ2n) is 6.02. The van der Waals surface area contributed by atoms with Crippen LogP contribution in [0, 0.1) is 11.7 Å².